The van der Waals surface area contributed by atoms with Crippen molar-refractivity contribution in [3.05, 3.63) is 95.3 Å². The number of aromatic nitrogens is 1. The van der Waals surface area contributed by atoms with E-state index in [1.54, 1.807) is 47.6 Å². The second-order valence-electron chi connectivity index (χ2n) is 11.2. The van der Waals surface area contributed by atoms with Gasteiger partial charge in [-0.05, 0) is 48.0 Å². The predicted octanol–water partition coefficient (Wildman–Crippen LogP) is 4.57. The van der Waals surface area contributed by atoms with Crippen molar-refractivity contribution >= 4 is 44.6 Å². The largest absolute Gasteiger partial charge is 0.497 e. The van der Waals surface area contributed by atoms with Gasteiger partial charge >= 0.3 is 0 Å². The molecule has 2 amide bonds. The van der Waals surface area contributed by atoms with Crippen LogP contribution in [0.2, 0.25) is 5.02 Å². The number of methoxy groups -OCH3 is 3. The minimum Gasteiger partial charge on any atom is -0.497 e. The molecule has 1 aromatic heterocycles. The van der Waals surface area contributed by atoms with Gasteiger partial charge in [0.1, 0.15) is 27.6 Å². The number of pyridine rings is 1. The predicted molar refractivity (Wildman–Crippen MR) is 177 cm³/mol. The number of benzene rings is 3. The summed E-state index contributed by atoms with van der Waals surface area (Å²) in [5.41, 5.74) is 0.0713. The molecule has 3 aromatic carbocycles. The molecule has 3 heterocycles. The van der Waals surface area contributed by atoms with Gasteiger partial charge in [-0.2, -0.15) is 0 Å². The molecule has 4 aromatic rings. The van der Waals surface area contributed by atoms with Crippen LogP contribution in [-0.4, -0.2) is 77.6 Å². The molecule has 1 unspecified atom stereocenters. The number of hydrogen-bond acceptors (Lipinski definition) is 9. The van der Waals surface area contributed by atoms with E-state index >= 15 is 0 Å². The number of nitrogens with zero attached hydrogens (tertiary/aromatic N) is 3. The molecule has 0 radical (unpaired) electrons. The lowest BCUT2D eigenvalue weighted by Crippen LogP contribution is -2.51. The molecule has 1 atom stereocenters. The Labute approximate surface area is 277 Å². The Balaban J connectivity index is 1.45. The molecule has 1 fully saturated rings. The van der Waals surface area contributed by atoms with Crippen molar-refractivity contribution in [1.82, 2.24) is 9.88 Å². The van der Waals surface area contributed by atoms with Gasteiger partial charge in [0.05, 0.1) is 31.9 Å². The number of anilines is 2. The summed E-state index contributed by atoms with van der Waals surface area (Å²) in [6.07, 6.45) is 3.17. The Hall–Kier alpha value is -4.81. The third-order valence-corrected chi connectivity index (χ3v) is 10.8. The molecule has 47 heavy (non-hydrogen) atoms. The van der Waals surface area contributed by atoms with E-state index in [0.29, 0.717) is 43.2 Å². The van der Waals surface area contributed by atoms with Gasteiger partial charge < -0.3 is 29.3 Å². The highest BCUT2D eigenvalue weighted by molar-refractivity contribution is 7.91. The van der Waals surface area contributed by atoms with E-state index in [4.69, 9.17) is 25.8 Å². The van der Waals surface area contributed by atoms with Crippen LogP contribution in [0.1, 0.15) is 17.5 Å². The second kappa shape index (κ2) is 12.8. The lowest BCUT2D eigenvalue weighted by molar-refractivity contribution is -0.135. The van der Waals surface area contributed by atoms with Crippen LogP contribution in [-0.2, 0) is 24.8 Å². The number of carbonyl (C=O) groups excluding carboxylic acids is 2. The smallest absolute Gasteiger partial charge is 0.240 e. The number of sulfone groups is 1. The number of carbonyl (C=O) groups is 2. The zero-order chi connectivity index (χ0) is 33.3. The number of ether oxygens (including phenoxy) is 3. The first-order valence-electron chi connectivity index (χ1n) is 14.8. The molecule has 0 saturated carbocycles. The van der Waals surface area contributed by atoms with E-state index in [0.717, 1.165) is 5.69 Å². The van der Waals surface area contributed by atoms with Crippen LogP contribution in [0.15, 0.2) is 88.9 Å². The van der Waals surface area contributed by atoms with Crippen LogP contribution in [0.3, 0.4) is 0 Å². The van der Waals surface area contributed by atoms with Crippen molar-refractivity contribution in [2.75, 3.05) is 57.7 Å². The number of amides is 2. The molecule has 6 rings (SSSR count). The first-order valence-corrected chi connectivity index (χ1v) is 16.7. The fraction of sp³-hybridized carbons (Fsp3) is 0.265. The van der Waals surface area contributed by atoms with Crippen LogP contribution in [0.5, 0.6) is 17.2 Å². The zero-order valence-corrected chi connectivity index (χ0v) is 27.6. The average molecular weight is 677 g/mol. The van der Waals surface area contributed by atoms with Crippen molar-refractivity contribution < 1.29 is 32.2 Å². The van der Waals surface area contributed by atoms with Crippen LogP contribution >= 0.6 is 11.6 Å². The molecular formula is C34H33ClN4O7S. The summed E-state index contributed by atoms with van der Waals surface area (Å²) < 4.78 is 44.9. The van der Waals surface area contributed by atoms with Crippen molar-refractivity contribution in [2.24, 2.45) is 0 Å². The third kappa shape index (κ3) is 5.61. The van der Waals surface area contributed by atoms with Crippen LogP contribution in [0, 0.1) is 0 Å². The van der Waals surface area contributed by atoms with Gasteiger partial charge in [-0.3, -0.25) is 14.6 Å². The molecule has 244 valence electrons. The first-order chi connectivity index (χ1) is 22.6. The van der Waals surface area contributed by atoms with Gasteiger partial charge in [0.25, 0.3) is 0 Å². The maximum atomic E-state index is 14.4. The van der Waals surface area contributed by atoms with Gasteiger partial charge in [-0.25, -0.2) is 8.42 Å². The van der Waals surface area contributed by atoms with Crippen LogP contribution < -0.4 is 24.4 Å². The van der Waals surface area contributed by atoms with E-state index in [1.807, 2.05) is 12.1 Å². The summed E-state index contributed by atoms with van der Waals surface area (Å²) in [4.78, 5) is 36.1. The molecular weight excluding hydrogens is 644 g/mol. The zero-order valence-electron chi connectivity index (χ0n) is 26.0. The quantitative estimate of drug-likeness (QED) is 0.271. The summed E-state index contributed by atoms with van der Waals surface area (Å²) >= 11 is 6.65. The number of fused-ring (bicyclic) bond motifs is 1. The Bertz CT molecular complexity index is 1950. The van der Waals surface area contributed by atoms with E-state index in [1.165, 1.54) is 45.6 Å². The van der Waals surface area contributed by atoms with Crippen LogP contribution in [0.25, 0.3) is 0 Å². The standard InChI is InChI=1S/C34H33ClN4O7S/c1-44-24-8-9-29(28(20-24)46-3)47(42,43)30-19-22(35)18-26-32(30)37-33(41)34(26,25-6-4-5-7-27(25)45-2)21-31(40)39-16-14-38(15-17-39)23-10-12-36-13-11-23/h4-13,18-20H,14-17,21H2,1-3H3,(H,37,41). The number of piperazine rings is 1. The van der Waals surface area contributed by atoms with Gasteiger partial charge in [-0.15, -0.1) is 0 Å². The van der Waals surface area contributed by atoms with Crippen molar-refractivity contribution in [2.45, 2.75) is 21.6 Å². The summed E-state index contributed by atoms with van der Waals surface area (Å²) in [5.74, 6) is -0.0112. The highest BCUT2D eigenvalue weighted by Gasteiger charge is 2.53. The molecule has 2 aliphatic heterocycles. The number of nitrogens with one attached hydrogen (secondary N) is 1. The third-order valence-electron chi connectivity index (χ3n) is 8.75. The normalized spacial score (nSPS) is 17.6. The summed E-state index contributed by atoms with van der Waals surface area (Å²) in [7, 11) is -0.0326. The van der Waals surface area contributed by atoms with Crippen molar-refractivity contribution in [3.8, 4) is 17.2 Å². The summed E-state index contributed by atoms with van der Waals surface area (Å²) in [6, 6.07) is 17.9. The number of rotatable bonds is 9. The molecule has 0 aliphatic carbocycles. The van der Waals surface area contributed by atoms with Gasteiger partial charge in [0.15, 0.2) is 0 Å². The Morgan fingerprint density at radius 3 is 2.26 bits per heavy atom. The fourth-order valence-corrected chi connectivity index (χ4v) is 8.25. The van der Waals surface area contributed by atoms with Crippen molar-refractivity contribution in [1.29, 1.82) is 0 Å². The van der Waals surface area contributed by atoms with E-state index in [9.17, 15) is 18.0 Å². The minimum absolute atomic E-state index is 0.0403. The second-order valence-corrected chi connectivity index (χ2v) is 13.5. The molecule has 1 saturated heterocycles. The van der Waals surface area contributed by atoms with Gasteiger partial charge in [-0.1, -0.05) is 29.8 Å². The lowest BCUT2D eigenvalue weighted by Gasteiger charge is -2.38. The fourth-order valence-electron chi connectivity index (χ4n) is 6.36. The summed E-state index contributed by atoms with van der Waals surface area (Å²) in [6.45, 7) is 2.06. The van der Waals surface area contributed by atoms with Crippen LogP contribution in [0.4, 0.5) is 11.4 Å². The minimum atomic E-state index is -4.32. The Morgan fingerprint density at radius 2 is 1.57 bits per heavy atom. The number of hydrogen-bond donors (Lipinski definition) is 1. The number of para-hydroxylation sites is 1. The molecule has 11 nitrogen and oxygen atoms in total. The monoisotopic (exact) mass is 676 g/mol. The number of halogens is 1. The van der Waals surface area contributed by atoms with E-state index in [2.05, 4.69) is 15.2 Å². The topological polar surface area (TPSA) is 127 Å². The first kappa shape index (κ1) is 32.1. The van der Waals surface area contributed by atoms with Crippen molar-refractivity contribution in [3.63, 3.8) is 0 Å². The molecule has 2 aliphatic rings. The highest BCUT2D eigenvalue weighted by atomic mass is 35.5. The molecule has 0 bridgehead atoms. The molecule has 0 spiro atoms. The van der Waals surface area contributed by atoms with Gasteiger partial charge in [0.2, 0.25) is 21.7 Å². The van der Waals surface area contributed by atoms with Gasteiger partial charge in [0, 0.05) is 67.3 Å². The maximum absolute atomic E-state index is 14.4. The molecule has 1 N–H and O–H groups in total. The SMILES string of the molecule is COc1ccc(S(=O)(=O)c2cc(Cl)cc3c2NC(=O)C3(CC(=O)N2CCN(c3ccncc3)CC2)c2ccccc2OC)c(OC)c1. The van der Waals surface area contributed by atoms with E-state index in [-0.39, 0.29) is 44.1 Å². The maximum Gasteiger partial charge on any atom is 0.240 e. The Morgan fingerprint density at radius 1 is 0.872 bits per heavy atom. The molecule has 13 heteroatoms. The average Bonchev–Trinajstić information content (AvgIpc) is 3.38. The lowest BCUT2D eigenvalue weighted by atomic mass is 9.72. The van der Waals surface area contributed by atoms with E-state index < -0.39 is 21.2 Å². The highest BCUT2D eigenvalue weighted by Crippen LogP contribution is 2.52. The summed E-state index contributed by atoms with van der Waals surface area (Å²) in [5, 5.41) is 2.90. The Kier molecular flexibility index (Phi) is 8.73.